The maximum Gasteiger partial charge on any atom is 0.181 e. The molecule has 0 saturated heterocycles. The first-order chi connectivity index (χ1) is 18.4. The largest absolute Gasteiger partial charge is 0.393 e. The van der Waals surface area contributed by atoms with Gasteiger partial charge in [0.2, 0.25) is 0 Å². The van der Waals surface area contributed by atoms with Crippen molar-refractivity contribution in [2.24, 2.45) is 46.8 Å². The molecule has 5 heteroatoms. The number of hydrogen-bond donors (Lipinski definition) is 2. The SMILES string of the molecule is CC[C@]1(O)CC[C@H]2C(=CC[C@@H]3[C@@H]2CC[C@]2(C)[C@@H]([C@H](C)C(CC(O)C(C)C)S(=O)(=O)c4ccccc4)CC[C@@H]32)C1. The number of aliphatic hydroxyl groups is 2. The van der Waals surface area contributed by atoms with Crippen LogP contribution in [0.3, 0.4) is 0 Å². The summed E-state index contributed by atoms with van der Waals surface area (Å²) in [6, 6.07) is 8.91. The van der Waals surface area contributed by atoms with E-state index in [1.807, 2.05) is 19.9 Å². The Kier molecular flexibility index (Phi) is 8.20. The minimum atomic E-state index is -3.58. The standard InChI is InChI=1S/C34H52O4S/c1-6-34(36)19-17-26-24(21-34)12-13-28-27(26)16-18-33(5)29(14-15-30(28)33)23(4)32(20-31(35)22(2)3)39(37,38)25-10-8-7-9-11-25/h7-12,22-23,26-32,35-36H,6,13-21H2,1-5H3/t23-,26-,27+,28+,29+,30-,31?,32?,33+,34-/m0/s1. The fourth-order valence-electron chi connectivity index (χ4n) is 9.75. The van der Waals surface area contributed by atoms with E-state index >= 15 is 0 Å². The second-order valence-electron chi connectivity index (χ2n) is 14.4. The molecule has 218 valence electrons. The summed E-state index contributed by atoms with van der Waals surface area (Å²) in [5.74, 6) is 3.00. The molecule has 5 rings (SSSR count). The number of rotatable bonds is 8. The molecular weight excluding hydrogens is 504 g/mol. The highest BCUT2D eigenvalue weighted by Crippen LogP contribution is 2.65. The van der Waals surface area contributed by atoms with Crippen molar-refractivity contribution in [3.8, 4) is 0 Å². The van der Waals surface area contributed by atoms with E-state index in [1.165, 1.54) is 24.8 Å². The third-order valence-electron chi connectivity index (χ3n) is 12.3. The summed E-state index contributed by atoms with van der Waals surface area (Å²) in [5.41, 5.74) is 1.15. The molecule has 1 aromatic carbocycles. The molecule has 0 heterocycles. The van der Waals surface area contributed by atoms with Crippen LogP contribution in [0.15, 0.2) is 46.9 Å². The van der Waals surface area contributed by atoms with Gasteiger partial charge in [0.1, 0.15) is 0 Å². The average molecular weight is 557 g/mol. The van der Waals surface area contributed by atoms with Crippen molar-refractivity contribution in [2.45, 2.75) is 121 Å². The molecule has 4 aliphatic rings. The molecule has 2 unspecified atom stereocenters. The van der Waals surface area contributed by atoms with E-state index in [0.29, 0.717) is 40.9 Å². The number of benzene rings is 1. The van der Waals surface area contributed by atoms with Gasteiger partial charge in [-0.15, -0.1) is 0 Å². The summed E-state index contributed by atoms with van der Waals surface area (Å²) in [6.07, 6.45) is 11.7. The Balaban J connectivity index is 1.41. The topological polar surface area (TPSA) is 74.6 Å². The molecule has 4 nitrogen and oxygen atoms in total. The lowest BCUT2D eigenvalue weighted by Crippen LogP contribution is -2.49. The first kappa shape index (κ1) is 29.3. The Morgan fingerprint density at radius 1 is 1.00 bits per heavy atom. The molecule has 1 aromatic rings. The molecule has 39 heavy (non-hydrogen) atoms. The van der Waals surface area contributed by atoms with Crippen LogP contribution in [0.4, 0.5) is 0 Å². The lowest BCUT2D eigenvalue weighted by Gasteiger charge is -2.55. The smallest absolute Gasteiger partial charge is 0.181 e. The molecule has 0 spiro atoms. The van der Waals surface area contributed by atoms with Gasteiger partial charge >= 0.3 is 0 Å². The summed E-state index contributed by atoms with van der Waals surface area (Å²) in [4.78, 5) is 0.385. The lowest BCUT2D eigenvalue weighted by molar-refractivity contribution is -0.0464. The van der Waals surface area contributed by atoms with Crippen molar-refractivity contribution >= 4 is 9.84 Å². The Morgan fingerprint density at radius 2 is 1.72 bits per heavy atom. The van der Waals surface area contributed by atoms with E-state index in [2.05, 4.69) is 26.8 Å². The van der Waals surface area contributed by atoms with Crippen molar-refractivity contribution in [3.05, 3.63) is 42.0 Å². The van der Waals surface area contributed by atoms with Crippen LogP contribution >= 0.6 is 0 Å². The zero-order chi connectivity index (χ0) is 28.2. The second kappa shape index (κ2) is 10.9. The van der Waals surface area contributed by atoms with Crippen LogP contribution in [0, 0.1) is 46.8 Å². The van der Waals surface area contributed by atoms with Crippen LogP contribution in [-0.2, 0) is 9.84 Å². The van der Waals surface area contributed by atoms with Crippen molar-refractivity contribution in [2.75, 3.05) is 0 Å². The van der Waals surface area contributed by atoms with Gasteiger partial charge in [-0.25, -0.2) is 8.42 Å². The quantitative estimate of drug-likeness (QED) is 0.332. The van der Waals surface area contributed by atoms with Crippen LogP contribution < -0.4 is 0 Å². The van der Waals surface area contributed by atoms with Gasteiger partial charge in [-0.3, -0.25) is 0 Å². The first-order valence-electron chi connectivity index (χ1n) is 15.8. The molecule has 0 aromatic heterocycles. The molecule has 3 fully saturated rings. The van der Waals surface area contributed by atoms with E-state index in [1.54, 1.807) is 24.3 Å². The van der Waals surface area contributed by atoms with Gasteiger partial charge in [0, 0.05) is 0 Å². The van der Waals surface area contributed by atoms with E-state index in [9.17, 15) is 18.6 Å². The predicted molar refractivity (Wildman–Crippen MR) is 158 cm³/mol. The van der Waals surface area contributed by atoms with Gasteiger partial charge in [-0.1, -0.05) is 64.5 Å². The van der Waals surface area contributed by atoms with Crippen LogP contribution in [0.2, 0.25) is 0 Å². The predicted octanol–water partition coefficient (Wildman–Crippen LogP) is 7.20. The molecule has 2 N–H and O–H groups in total. The van der Waals surface area contributed by atoms with Crippen molar-refractivity contribution in [1.29, 1.82) is 0 Å². The zero-order valence-corrected chi connectivity index (χ0v) is 25.7. The first-order valence-corrected chi connectivity index (χ1v) is 17.3. The number of hydrogen-bond acceptors (Lipinski definition) is 4. The van der Waals surface area contributed by atoms with Gasteiger partial charge in [0.05, 0.1) is 21.9 Å². The van der Waals surface area contributed by atoms with Crippen molar-refractivity contribution in [1.82, 2.24) is 0 Å². The summed E-state index contributed by atoms with van der Waals surface area (Å²) in [7, 11) is -3.58. The highest BCUT2D eigenvalue weighted by atomic mass is 32.2. The normalized spacial score (nSPS) is 38.8. The monoisotopic (exact) mass is 556 g/mol. The van der Waals surface area contributed by atoms with Gasteiger partial charge in [-0.2, -0.15) is 0 Å². The Hall–Kier alpha value is -1.17. The third-order valence-corrected chi connectivity index (χ3v) is 14.6. The molecule has 4 aliphatic carbocycles. The highest BCUT2D eigenvalue weighted by molar-refractivity contribution is 7.92. The second-order valence-corrected chi connectivity index (χ2v) is 16.5. The Bertz CT molecular complexity index is 1140. The zero-order valence-electron chi connectivity index (χ0n) is 24.9. The average Bonchev–Trinajstić information content (AvgIpc) is 3.28. The molecule has 0 bridgehead atoms. The summed E-state index contributed by atoms with van der Waals surface area (Å²) < 4.78 is 28.2. The molecule has 0 radical (unpaired) electrons. The van der Waals surface area contributed by atoms with Gasteiger partial charge in [0.15, 0.2) is 9.84 Å². The van der Waals surface area contributed by atoms with Gasteiger partial charge < -0.3 is 10.2 Å². The van der Waals surface area contributed by atoms with E-state index in [-0.39, 0.29) is 17.3 Å². The maximum absolute atomic E-state index is 14.1. The highest BCUT2D eigenvalue weighted by Gasteiger charge is 2.58. The van der Waals surface area contributed by atoms with Crippen molar-refractivity contribution < 1.29 is 18.6 Å². The number of sulfone groups is 1. The van der Waals surface area contributed by atoms with Crippen LogP contribution in [-0.4, -0.2) is 35.6 Å². The van der Waals surface area contributed by atoms with Crippen molar-refractivity contribution in [3.63, 3.8) is 0 Å². The number of allylic oxidation sites excluding steroid dienone is 1. The maximum atomic E-state index is 14.1. The number of fused-ring (bicyclic) bond motifs is 5. The van der Waals surface area contributed by atoms with E-state index in [0.717, 1.165) is 38.5 Å². The minimum Gasteiger partial charge on any atom is -0.393 e. The van der Waals surface area contributed by atoms with E-state index in [4.69, 9.17) is 0 Å². The van der Waals surface area contributed by atoms with E-state index < -0.39 is 26.8 Å². The van der Waals surface area contributed by atoms with Crippen LogP contribution in [0.1, 0.15) is 98.8 Å². The molecule has 0 amide bonds. The molecule has 10 atom stereocenters. The lowest BCUT2D eigenvalue weighted by atomic mass is 9.50. The minimum absolute atomic E-state index is 0.0147. The summed E-state index contributed by atoms with van der Waals surface area (Å²) in [5, 5.41) is 21.3. The molecule has 3 saturated carbocycles. The number of aliphatic hydroxyl groups excluding tert-OH is 1. The van der Waals surface area contributed by atoms with Crippen LogP contribution in [0.5, 0.6) is 0 Å². The van der Waals surface area contributed by atoms with Gasteiger partial charge in [0.25, 0.3) is 0 Å². The molecular formula is C34H52O4S. The Morgan fingerprint density at radius 3 is 2.38 bits per heavy atom. The fourth-order valence-corrected chi connectivity index (χ4v) is 11.8. The van der Waals surface area contributed by atoms with Gasteiger partial charge in [-0.05, 0) is 123 Å². The summed E-state index contributed by atoms with van der Waals surface area (Å²) in [6.45, 7) is 10.7. The Labute approximate surface area is 237 Å². The molecule has 0 aliphatic heterocycles. The fraction of sp³-hybridized carbons (Fsp3) is 0.765. The summed E-state index contributed by atoms with van der Waals surface area (Å²) >= 11 is 0. The van der Waals surface area contributed by atoms with Crippen LogP contribution in [0.25, 0.3) is 0 Å². The third kappa shape index (κ3) is 5.18.